The summed E-state index contributed by atoms with van der Waals surface area (Å²) in [6, 6.07) is 12.5. The van der Waals surface area contributed by atoms with E-state index >= 15 is 0 Å². The Labute approximate surface area is 131 Å². The number of hydrogen-bond acceptors (Lipinski definition) is 3. The molecule has 0 unspecified atom stereocenters. The fraction of sp³-hybridized carbons (Fsp3) is 0.235. The topological polar surface area (TPSA) is 42.2 Å². The van der Waals surface area contributed by atoms with Crippen LogP contribution >= 0.6 is 0 Å². The molecule has 0 aliphatic rings. The van der Waals surface area contributed by atoms with Crippen molar-refractivity contribution < 1.29 is 22.6 Å². The third-order valence-electron chi connectivity index (χ3n) is 2.86. The van der Waals surface area contributed by atoms with Gasteiger partial charge in [-0.2, -0.15) is 5.26 Å². The predicted molar refractivity (Wildman–Crippen MR) is 79.0 cm³/mol. The molecule has 0 fully saturated rings. The molecule has 0 aliphatic heterocycles. The van der Waals surface area contributed by atoms with Crippen LogP contribution in [-0.2, 0) is 0 Å². The molecule has 0 radical (unpaired) electrons. The highest BCUT2D eigenvalue weighted by molar-refractivity contribution is 5.68. The Bertz CT molecular complexity index is 733. The number of halogens is 3. The zero-order valence-corrected chi connectivity index (χ0v) is 12.5. The molecule has 0 atom stereocenters. The summed E-state index contributed by atoms with van der Waals surface area (Å²) < 4.78 is 46.3. The molecule has 2 rings (SSSR count). The Morgan fingerprint density at radius 2 is 1.74 bits per heavy atom. The zero-order valence-electron chi connectivity index (χ0n) is 12.5. The molecular formula is C17H14F3NO2. The number of benzene rings is 2. The smallest absolute Gasteiger partial charge is 0.490 e. The second-order valence-corrected chi connectivity index (χ2v) is 5.06. The molecule has 0 saturated heterocycles. The van der Waals surface area contributed by atoms with Crippen molar-refractivity contribution in [2.75, 3.05) is 0 Å². The average molecular weight is 321 g/mol. The SMILES string of the molecule is CC(C)Oc1ccc(-c2cccc(OC(F)(F)F)c2)cc1C#N. The quantitative estimate of drug-likeness (QED) is 0.803. The summed E-state index contributed by atoms with van der Waals surface area (Å²) in [5.41, 5.74) is 1.43. The van der Waals surface area contributed by atoms with Gasteiger partial charge in [-0.05, 0) is 49.2 Å². The van der Waals surface area contributed by atoms with Crippen molar-refractivity contribution in [1.29, 1.82) is 5.26 Å². The summed E-state index contributed by atoms with van der Waals surface area (Å²) in [5, 5.41) is 9.21. The molecule has 6 heteroatoms. The van der Waals surface area contributed by atoms with Crippen LogP contribution in [0.2, 0.25) is 0 Å². The molecule has 120 valence electrons. The van der Waals surface area contributed by atoms with Crippen LogP contribution in [0.15, 0.2) is 42.5 Å². The van der Waals surface area contributed by atoms with Crippen LogP contribution in [0.1, 0.15) is 19.4 Å². The third-order valence-corrected chi connectivity index (χ3v) is 2.86. The van der Waals surface area contributed by atoms with Crippen molar-refractivity contribution in [3.63, 3.8) is 0 Å². The molecule has 3 nitrogen and oxygen atoms in total. The maximum Gasteiger partial charge on any atom is 0.573 e. The van der Waals surface area contributed by atoms with E-state index in [1.807, 2.05) is 19.9 Å². The number of ether oxygens (including phenoxy) is 2. The lowest BCUT2D eigenvalue weighted by molar-refractivity contribution is -0.274. The van der Waals surface area contributed by atoms with Gasteiger partial charge >= 0.3 is 6.36 Å². The van der Waals surface area contributed by atoms with Crippen molar-refractivity contribution in [2.24, 2.45) is 0 Å². The summed E-state index contributed by atoms with van der Waals surface area (Å²) >= 11 is 0. The summed E-state index contributed by atoms with van der Waals surface area (Å²) in [7, 11) is 0. The Morgan fingerprint density at radius 1 is 1.04 bits per heavy atom. The van der Waals surface area contributed by atoms with E-state index in [4.69, 9.17) is 4.74 Å². The van der Waals surface area contributed by atoms with Gasteiger partial charge in [0.25, 0.3) is 0 Å². The summed E-state index contributed by atoms with van der Waals surface area (Å²) in [6.07, 6.45) is -4.83. The van der Waals surface area contributed by atoms with Gasteiger partial charge in [-0.25, -0.2) is 0 Å². The number of hydrogen-bond donors (Lipinski definition) is 0. The van der Waals surface area contributed by atoms with E-state index in [1.54, 1.807) is 24.3 Å². The predicted octanol–water partition coefficient (Wildman–Crippen LogP) is 4.91. The number of rotatable bonds is 4. The van der Waals surface area contributed by atoms with Gasteiger partial charge in [0.05, 0.1) is 11.7 Å². The zero-order chi connectivity index (χ0) is 17.0. The molecule has 0 N–H and O–H groups in total. The van der Waals surface area contributed by atoms with Gasteiger partial charge in [0.15, 0.2) is 0 Å². The van der Waals surface area contributed by atoms with Crippen LogP contribution in [0.3, 0.4) is 0 Å². The Balaban J connectivity index is 2.35. The average Bonchev–Trinajstić information content (AvgIpc) is 2.45. The Hall–Kier alpha value is -2.68. The van der Waals surface area contributed by atoms with E-state index < -0.39 is 6.36 Å². The number of alkyl halides is 3. The van der Waals surface area contributed by atoms with Crippen molar-refractivity contribution >= 4 is 0 Å². The molecule has 0 aliphatic carbocycles. The van der Waals surface area contributed by atoms with E-state index in [1.165, 1.54) is 18.2 Å². The minimum atomic E-state index is -4.74. The van der Waals surface area contributed by atoms with E-state index in [2.05, 4.69) is 4.74 Å². The number of nitriles is 1. The minimum absolute atomic E-state index is 0.0866. The van der Waals surface area contributed by atoms with Gasteiger partial charge in [0, 0.05) is 0 Å². The minimum Gasteiger partial charge on any atom is -0.490 e. The number of nitrogens with zero attached hydrogens (tertiary/aromatic N) is 1. The van der Waals surface area contributed by atoms with Gasteiger partial charge in [-0.1, -0.05) is 18.2 Å². The Morgan fingerprint density at radius 3 is 2.35 bits per heavy atom. The molecule has 0 saturated carbocycles. The monoisotopic (exact) mass is 321 g/mol. The lowest BCUT2D eigenvalue weighted by Crippen LogP contribution is -2.17. The van der Waals surface area contributed by atoms with Gasteiger partial charge in [0.1, 0.15) is 17.6 Å². The van der Waals surface area contributed by atoms with Crippen LogP contribution < -0.4 is 9.47 Å². The van der Waals surface area contributed by atoms with Gasteiger partial charge in [-0.15, -0.1) is 13.2 Å². The standard InChI is InChI=1S/C17H14F3NO2/c1-11(2)22-16-7-6-13(8-14(16)10-21)12-4-3-5-15(9-12)23-17(18,19)20/h3-9,11H,1-2H3. The van der Waals surface area contributed by atoms with Crippen LogP contribution in [-0.4, -0.2) is 12.5 Å². The first-order chi connectivity index (χ1) is 10.8. The first-order valence-corrected chi connectivity index (χ1v) is 6.85. The second kappa shape index (κ2) is 6.61. The second-order valence-electron chi connectivity index (χ2n) is 5.06. The van der Waals surface area contributed by atoms with Crippen molar-refractivity contribution in [2.45, 2.75) is 26.3 Å². The lowest BCUT2D eigenvalue weighted by atomic mass is 10.0. The van der Waals surface area contributed by atoms with E-state index in [-0.39, 0.29) is 11.9 Å². The highest BCUT2D eigenvalue weighted by atomic mass is 19.4. The lowest BCUT2D eigenvalue weighted by Gasteiger charge is -2.13. The van der Waals surface area contributed by atoms with Crippen LogP contribution in [0, 0.1) is 11.3 Å². The van der Waals surface area contributed by atoms with Crippen LogP contribution in [0.25, 0.3) is 11.1 Å². The highest BCUT2D eigenvalue weighted by Gasteiger charge is 2.31. The van der Waals surface area contributed by atoms with Gasteiger partial charge in [0.2, 0.25) is 0 Å². The summed E-state index contributed by atoms with van der Waals surface area (Å²) in [6.45, 7) is 3.68. The molecule has 23 heavy (non-hydrogen) atoms. The van der Waals surface area contributed by atoms with E-state index in [9.17, 15) is 18.4 Å². The molecule has 0 aromatic heterocycles. The highest BCUT2D eigenvalue weighted by Crippen LogP contribution is 2.30. The maximum absolute atomic E-state index is 12.3. The van der Waals surface area contributed by atoms with Crippen LogP contribution in [0.5, 0.6) is 11.5 Å². The fourth-order valence-corrected chi connectivity index (χ4v) is 2.03. The molecule has 0 spiro atoms. The van der Waals surface area contributed by atoms with Gasteiger partial charge in [-0.3, -0.25) is 0 Å². The van der Waals surface area contributed by atoms with Crippen molar-refractivity contribution in [1.82, 2.24) is 0 Å². The molecular weight excluding hydrogens is 307 g/mol. The summed E-state index contributed by atoms with van der Waals surface area (Å²) in [5.74, 6) is 0.130. The molecule has 2 aromatic rings. The Kier molecular flexibility index (Phi) is 4.80. The molecule has 0 heterocycles. The van der Waals surface area contributed by atoms with Crippen molar-refractivity contribution in [3.05, 3.63) is 48.0 Å². The fourth-order valence-electron chi connectivity index (χ4n) is 2.03. The summed E-state index contributed by atoms with van der Waals surface area (Å²) in [4.78, 5) is 0. The molecule has 2 aromatic carbocycles. The van der Waals surface area contributed by atoms with Crippen molar-refractivity contribution in [3.8, 4) is 28.7 Å². The molecule has 0 bridgehead atoms. The van der Waals surface area contributed by atoms with Gasteiger partial charge < -0.3 is 9.47 Å². The van der Waals surface area contributed by atoms with E-state index in [0.29, 0.717) is 22.4 Å². The first kappa shape index (κ1) is 16.7. The van der Waals surface area contributed by atoms with Crippen LogP contribution in [0.4, 0.5) is 13.2 Å². The largest absolute Gasteiger partial charge is 0.573 e. The normalized spacial score (nSPS) is 11.2. The first-order valence-electron chi connectivity index (χ1n) is 6.85. The molecule has 0 amide bonds. The van der Waals surface area contributed by atoms with E-state index in [0.717, 1.165) is 0 Å². The third kappa shape index (κ3) is 4.65. The maximum atomic E-state index is 12.3.